The third-order valence-electron chi connectivity index (χ3n) is 1.42. The summed E-state index contributed by atoms with van der Waals surface area (Å²) in [6, 6.07) is 0. The van der Waals surface area contributed by atoms with Crippen molar-refractivity contribution < 1.29 is 13.7 Å². The molecule has 0 aliphatic carbocycles. The quantitative estimate of drug-likeness (QED) is 0.594. The molecule has 0 aromatic carbocycles. The lowest BCUT2D eigenvalue weighted by molar-refractivity contribution is 0.0787. The van der Waals surface area contributed by atoms with E-state index < -0.39 is 10.8 Å². The van der Waals surface area contributed by atoms with Gasteiger partial charge in [0.2, 0.25) is 0 Å². The van der Waals surface area contributed by atoms with Crippen LogP contribution in [0.5, 0.6) is 0 Å². The Labute approximate surface area is 88.6 Å². The van der Waals surface area contributed by atoms with Crippen molar-refractivity contribution in [2.45, 2.75) is 19.4 Å². The van der Waals surface area contributed by atoms with Crippen LogP contribution in [-0.4, -0.2) is 48.2 Å². The molecule has 0 aromatic rings. The fourth-order valence-electron chi connectivity index (χ4n) is 0.883. The maximum absolute atomic E-state index is 11.4. The van der Waals surface area contributed by atoms with E-state index in [4.69, 9.17) is 15.2 Å². The molecule has 0 bridgehead atoms. The van der Waals surface area contributed by atoms with Crippen LogP contribution >= 0.6 is 0 Å². The van der Waals surface area contributed by atoms with Crippen molar-refractivity contribution in [2.75, 3.05) is 38.4 Å². The van der Waals surface area contributed by atoms with E-state index >= 15 is 0 Å². The number of hydrogen-bond acceptors (Lipinski definition) is 4. The highest BCUT2D eigenvalue weighted by atomic mass is 32.2. The first-order chi connectivity index (χ1) is 6.45. The standard InChI is InChI=1S/C9H21NO3S/c1-9(2,10)8-14(11)7-6-13-5-4-12-3/h4-8,10H2,1-3H3. The molecule has 4 nitrogen and oxygen atoms in total. The zero-order chi connectivity index (χ0) is 11.0. The SMILES string of the molecule is COCCOCCS(=O)CC(C)(C)N. The van der Waals surface area contributed by atoms with Crippen LogP contribution in [0, 0.1) is 0 Å². The molecule has 1 atom stereocenters. The molecule has 0 rings (SSSR count). The zero-order valence-electron chi connectivity index (χ0n) is 9.25. The summed E-state index contributed by atoms with van der Waals surface area (Å²) in [5.41, 5.74) is 5.37. The Morgan fingerprint density at radius 1 is 1.29 bits per heavy atom. The average Bonchev–Trinajstić information content (AvgIpc) is 2.00. The molecule has 0 saturated heterocycles. The summed E-state index contributed by atoms with van der Waals surface area (Å²) in [4.78, 5) is 0. The van der Waals surface area contributed by atoms with E-state index in [9.17, 15) is 4.21 Å². The Kier molecular flexibility index (Phi) is 7.35. The van der Waals surface area contributed by atoms with Crippen LogP contribution in [0.25, 0.3) is 0 Å². The molecule has 1 unspecified atom stereocenters. The first-order valence-corrected chi connectivity index (χ1v) is 6.15. The van der Waals surface area contributed by atoms with Gasteiger partial charge in [-0.1, -0.05) is 0 Å². The Bertz CT molecular complexity index is 168. The minimum absolute atomic E-state index is 0.364. The Balaban J connectivity index is 3.36. The van der Waals surface area contributed by atoms with E-state index in [2.05, 4.69) is 0 Å². The summed E-state index contributed by atoms with van der Waals surface area (Å²) in [7, 11) is 0.738. The van der Waals surface area contributed by atoms with Gasteiger partial charge in [-0.25, -0.2) is 0 Å². The summed E-state index contributed by atoms with van der Waals surface area (Å²) in [6.07, 6.45) is 0. The Hall–Kier alpha value is 0.0300. The van der Waals surface area contributed by atoms with Gasteiger partial charge in [0, 0.05) is 35.0 Å². The highest BCUT2D eigenvalue weighted by Crippen LogP contribution is 1.99. The first kappa shape index (κ1) is 14.0. The van der Waals surface area contributed by atoms with Crippen molar-refractivity contribution in [1.82, 2.24) is 0 Å². The van der Waals surface area contributed by atoms with Gasteiger partial charge < -0.3 is 15.2 Å². The second-order valence-electron chi connectivity index (χ2n) is 3.88. The fraction of sp³-hybridized carbons (Fsp3) is 1.00. The Morgan fingerprint density at radius 3 is 2.43 bits per heavy atom. The molecule has 0 saturated carbocycles. The number of rotatable bonds is 8. The molecule has 14 heavy (non-hydrogen) atoms. The van der Waals surface area contributed by atoms with E-state index in [0.717, 1.165) is 0 Å². The molecular formula is C9H21NO3S. The van der Waals surface area contributed by atoms with Crippen LogP contribution in [0.4, 0.5) is 0 Å². The predicted octanol–water partition coefficient (Wildman–Crippen LogP) is 0.135. The van der Waals surface area contributed by atoms with Gasteiger partial charge in [-0.3, -0.25) is 4.21 Å². The maximum atomic E-state index is 11.4. The third kappa shape index (κ3) is 10.1. The summed E-state index contributed by atoms with van der Waals surface area (Å²) >= 11 is 0. The van der Waals surface area contributed by atoms with Gasteiger partial charge in [-0.2, -0.15) is 0 Å². The van der Waals surface area contributed by atoms with Gasteiger partial charge in [0.25, 0.3) is 0 Å². The van der Waals surface area contributed by atoms with Crippen molar-refractivity contribution in [1.29, 1.82) is 0 Å². The van der Waals surface area contributed by atoms with Crippen LogP contribution in [-0.2, 0) is 20.3 Å². The third-order valence-corrected chi connectivity index (χ3v) is 3.11. The molecule has 0 aromatic heterocycles. The summed E-state index contributed by atoms with van der Waals surface area (Å²) in [6.45, 7) is 5.38. The van der Waals surface area contributed by atoms with Crippen LogP contribution in [0.3, 0.4) is 0 Å². The lowest BCUT2D eigenvalue weighted by atomic mass is 10.1. The van der Waals surface area contributed by atoms with Crippen molar-refractivity contribution >= 4 is 10.8 Å². The summed E-state index contributed by atoms with van der Waals surface area (Å²) in [5.74, 6) is 1.06. The second-order valence-corrected chi connectivity index (χ2v) is 5.46. The van der Waals surface area contributed by atoms with E-state index in [0.29, 0.717) is 31.3 Å². The van der Waals surface area contributed by atoms with Crippen LogP contribution in [0.15, 0.2) is 0 Å². The van der Waals surface area contributed by atoms with Crippen LogP contribution in [0.2, 0.25) is 0 Å². The molecule has 0 spiro atoms. The molecule has 0 fully saturated rings. The molecule has 0 aliphatic rings. The Morgan fingerprint density at radius 2 is 1.93 bits per heavy atom. The summed E-state index contributed by atoms with van der Waals surface area (Å²) in [5, 5.41) is 0. The largest absolute Gasteiger partial charge is 0.382 e. The van der Waals surface area contributed by atoms with Gasteiger partial charge in [0.15, 0.2) is 0 Å². The van der Waals surface area contributed by atoms with E-state index in [1.165, 1.54) is 0 Å². The van der Waals surface area contributed by atoms with Crippen LogP contribution < -0.4 is 5.73 Å². The van der Waals surface area contributed by atoms with Gasteiger partial charge >= 0.3 is 0 Å². The number of hydrogen-bond donors (Lipinski definition) is 1. The summed E-state index contributed by atoms with van der Waals surface area (Å²) < 4.78 is 21.4. The van der Waals surface area contributed by atoms with E-state index in [1.807, 2.05) is 13.8 Å². The monoisotopic (exact) mass is 223 g/mol. The predicted molar refractivity (Wildman–Crippen MR) is 58.8 cm³/mol. The maximum Gasteiger partial charge on any atom is 0.0700 e. The van der Waals surface area contributed by atoms with Crippen LogP contribution in [0.1, 0.15) is 13.8 Å². The van der Waals surface area contributed by atoms with E-state index in [1.54, 1.807) is 7.11 Å². The van der Waals surface area contributed by atoms with Gasteiger partial charge in [-0.15, -0.1) is 0 Å². The minimum Gasteiger partial charge on any atom is -0.382 e. The van der Waals surface area contributed by atoms with Gasteiger partial charge in [-0.05, 0) is 13.8 Å². The smallest absolute Gasteiger partial charge is 0.0700 e. The van der Waals surface area contributed by atoms with Crippen molar-refractivity contribution in [3.8, 4) is 0 Å². The second kappa shape index (κ2) is 7.34. The van der Waals surface area contributed by atoms with Gasteiger partial charge in [0.05, 0.1) is 19.8 Å². The molecular weight excluding hydrogens is 202 g/mol. The van der Waals surface area contributed by atoms with E-state index in [-0.39, 0.29) is 5.54 Å². The molecule has 86 valence electrons. The minimum atomic E-state index is -0.886. The average molecular weight is 223 g/mol. The fourth-order valence-corrected chi connectivity index (χ4v) is 2.16. The van der Waals surface area contributed by atoms with Gasteiger partial charge in [0.1, 0.15) is 0 Å². The zero-order valence-corrected chi connectivity index (χ0v) is 10.1. The lowest BCUT2D eigenvalue weighted by Crippen LogP contribution is -2.39. The highest BCUT2D eigenvalue weighted by molar-refractivity contribution is 7.85. The van der Waals surface area contributed by atoms with Crippen molar-refractivity contribution in [3.05, 3.63) is 0 Å². The number of ether oxygens (including phenoxy) is 2. The lowest BCUT2D eigenvalue weighted by Gasteiger charge is -2.17. The number of nitrogens with two attached hydrogens (primary N) is 1. The molecule has 0 radical (unpaired) electrons. The van der Waals surface area contributed by atoms with Crippen molar-refractivity contribution in [2.24, 2.45) is 5.73 Å². The molecule has 5 heteroatoms. The first-order valence-electron chi connectivity index (χ1n) is 4.66. The number of methoxy groups -OCH3 is 1. The molecule has 0 aliphatic heterocycles. The molecule has 0 heterocycles. The highest BCUT2D eigenvalue weighted by Gasteiger charge is 2.14. The molecule has 2 N–H and O–H groups in total. The topological polar surface area (TPSA) is 61.5 Å². The van der Waals surface area contributed by atoms with Crippen molar-refractivity contribution in [3.63, 3.8) is 0 Å². The molecule has 0 amide bonds. The normalized spacial score (nSPS) is 14.3.